The Labute approximate surface area is 289 Å². The largest absolute Gasteiger partial charge is 0.504 e. The lowest BCUT2D eigenvalue weighted by atomic mass is 9.87. The number of ether oxygens (including phenoxy) is 7. The molecule has 0 amide bonds. The molecular formula is C37H41NO12. The van der Waals surface area contributed by atoms with Gasteiger partial charge in [-0.2, -0.15) is 0 Å². The van der Waals surface area contributed by atoms with Crippen LogP contribution in [-0.2, 0) is 22.5 Å². The summed E-state index contributed by atoms with van der Waals surface area (Å²) < 4.78 is 44.6. The van der Waals surface area contributed by atoms with Gasteiger partial charge in [0.1, 0.15) is 5.76 Å². The molecule has 266 valence electrons. The van der Waals surface area contributed by atoms with E-state index in [4.69, 9.17) is 37.6 Å². The fourth-order valence-electron chi connectivity index (χ4n) is 6.42. The fraction of sp³-hybridized carbons (Fsp3) is 0.351. The Morgan fingerprint density at radius 3 is 2.04 bits per heavy atom. The summed E-state index contributed by atoms with van der Waals surface area (Å²) in [5.41, 5.74) is 2.45. The van der Waals surface area contributed by atoms with Crippen LogP contribution in [0.3, 0.4) is 0 Å². The van der Waals surface area contributed by atoms with Gasteiger partial charge in [0.05, 0.1) is 74.7 Å². The third-order valence-electron chi connectivity index (χ3n) is 8.86. The van der Waals surface area contributed by atoms with Gasteiger partial charge in [-0.25, -0.2) is 0 Å². The first-order chi connectivity index (χ1) is 24.1. The maximum Gasteiger partial charge on any atom is 0.306 e. The second-order valence-electron chi connectivity index (χ2n) is 11.5. The van der Waals surface area contributed by atoms with Crippen molar-refractivity contribution in [1.29, 1.82) is 0 Å². The molecule has 0 saturated carbocycles. The fourth-order valence-corrected chi connectivity index (χ4v) is 6.42. The van der Waals surface area contributed by atoms with E-state index in [2.05, 4.69) is 4.90 Å². The van der Waals surface area contributed by atoms with E-state index < -0.39 is 29.1 Å². The summed E-state index contributed by atoms with van der Waals surface area (Å²) in [4.78, 5) is 28.0. The lowest BCUT2D eigenvalue weighted by Gasteiger charge is -2.38. The van der Waals surface area contributed by atoms with Crippen LogP contribution in [0.4, 0.5) is 0 Å². The van der Waals surface area contributed by atoms with Crippen molar-refractivity contribution in [3.8, 4) is 46.0 Å². The first kappa shape index (κ1) is 35.7. The molecule has 1 aliphatic rings. The average molecular weight is 692 g/mol. The number of phenolic OH excluding ortho intramolecular Hbond substituents is 1. The molecule has 1 aromatic heterocycles. The van der Waals surface area contributed by atoms with Crippen molar-refractivity contribution in [2.24, 2.45) is 0 Å². The molecule has 0 aliphatic carbocycles. The number of fused-ring (bicyclic) bond motifs is 1. The van der Waals surface area contributed by atoms with Gasteiger partial charge < -0.3 is 47.8 Å². The summed E-state index contributed by atoms with van der Waals surface area (Å²) in [5, 5.41) is 21.5. The molecule has 0 unspecified atom stereocenters. The minimum Gasteiger partial charge on any atom is -0.504 e. The van der Waals surface area contributed by atoms with Crippen LogP contribution in [0.2, 0.25) is 0 Å². The maximum atomic E-state index is 13.3. The summed E-state index contributed by atoms with van der Waals surface area (Å²) in [6.45, 7) is 0.651. The normalized spacial score (nSPS) is 14.7. The Balaban J connectivity index is 1.65. The standard InChI is InChI=1S/C37H41NO12/c1-43-28-9-8-20(12-26(28)39)25(18-33(41)48-6)36-35(42)27(40)16-23(50-36)19-38-11-10-21-13-29(44-2)30(45-3)17-24(21)34(38)22-14-31(46-4)37(49-7)32(15-22)47-5/h8-9,12-17,25,34,39,42H,10-11,18-19H2,1-7H3/t25-,34+/m1/s1. The summed E-state index contributed by atoms with van der Waals surface area (Å²) in [6.07, 6.45) is 0.344. The van der Waals surface area contributed by atoms with Crippen molar-refractivity contribution < 1.29 is 52.6 Å². The van der Waals surface area contributed by atoms with Gasteiger partial charge in [-0.1, -0.05) is 6.07 Å². The zero-order valence-corrected chi connectivity index (χ0v) is 29.0. The quantitative estimate of drug-likeness (QED) is 0.182. The molecule has 0 saturated heterocycles. The van der Waals surface area contributed by atoms with Crippen LogP contribution < -0.4 is 33.8 Å². The highest BCUT2D eigenvalue weighted by Crippen LogP contribution is 2.46. The second-order valence-corrected chi connectivity index (χ2v) is 11.5. The summed E-state index contributed by atoms with van der Waals surface area (Å²) in [6, 6.07) is 12.9. The molecule has 2 N–H and O–H groups in total. The van der Waals surface area contributed by atoms with Gasteiger partial charge in [0.25, 0.3) is 0 Å². The van der Waals surface area contributed by atoms with Crippen LogP contribution in [0.25, 0.3) is 0 Å². The van der Waals surface area contributed by atoms with Crippen molar-refractivity contribution in [1.82, 2.24) is 4.90 Å². The highest BCUT2D eigenvalue weighted by molar-refractivity contribution is 5.71. The van der Waals surface area contributed by atoms with E-state index in [-0.39, 0.29) is 36.0 Å². The number of phenols is 1. The van der Waals surface area contributed by atoms with Gasteiger partial charge in [-0.15, -0.1) is 0 Å². The van der Waals surface area contributed by atoms with E-state index >= 15 is 0 Å². The number of rotatable bonds is 13. The minimum atomic E-state index is -0.975. The van der Waals surface area contributed by atoms with E-state index in [0.717, 1.165) is 16.7 Å². The number of hydrogen-bond donors (Lipinski definition) is 2. The van der Waals surface area contributed by atoms with Crippen LogP contribution in [0.5, 0.6) is 46.0 Å². The average Bonchev–Trinajstić information content (AvgIpc) is 3.13. The molecule has 1 aliphatic heterocycles. The zero-order valence-electron chi connectivity index (χ0n) is 29.0. The Morgan fingerprint density at radius 1 is 0.820 bits per heavy atom. The number of carbonyl (C=O) groups excluding carboxylic acids is 1. The van der Waals surface area contributed by atoms with Crippen molar-refractivity contribution in [2.45, 2.75) is 31.3 Å². The number of esters is 1. The minimum absolute atomic E-state index is 0.121. The molecule has 0 radical (unpaired) electrons. The van der Waals surface area contributed by atoms with Gasteiger partial charge in [-0.05, 0) is 65.1 Å². The van der Waals surface area contributed by atoms with Gasteiger partial charge in [0.2, 0.25) is 16.9 Å². The van der Waals surface area contributed by atoms with Crippen LogP contribution >= 0.6 is 0 Å². The van der Waals surface area contributed by atoms with E-state index in [1.807, 2.05) is 24.3 Å². The third kappa shape index (κ3) is 6.95. The van der Waals surface area contributed by atoms with E-state index in [1.165, 1.54) is 39.5 Å². The Bertz CT molecular complexity index is 1890. The Morgan fingerprint density at radius 2 is 1.46 bits per heavy atom. The Hall–Kier alpha value is -5.56. The lowest BCUT2D eigenvalue weighted by Crippen LogP contribution is -2.36. The molecule has 13 nitrogen and oxygen atoms in total. The first-order valence-electron chi connectivity index (χ1n) is 15.7. The highest BCUT2D eigenvalue weighted by atomic mass is 16.5. The zero-order chi connectivity index (χ0) is 36.1. The molecule has 0 bridgehead atoms. The van der Waals surface area contributed by atoms with Gasteiger partial charge in [-0.3, -0.25) is 14.5 Å². The molecular weight excluding hydrogens is 650 g/mol. The number of benzene rings is 3. The number of methoxy groups -OCH3 is 7. The highest BCUT2D eigenvalue weighted by Gasteiger charge is 2.34. The lowest BCUT2D eigenvalue weighted by molar-refractivity contribution is -0.140. The van der Waals surface area contributed by atoms with Crippen molar-refractivity contribution in [3.63, 3.8) is 0 Å². The van der Waals surface area contributed by atoms with E-state index in [9.17, 15) is 19.8 Å². The molecule has 2 heterocycles. The van der Waals surface area contributed by atoms with Crippen molar-refractivity contribution in [3.05, 3.63) is 92.5 Å². The topological polar surface area (TPSA) is 156 Å². The van der Waals surface area contributed by atoms with Crippen LogP contribution in [0, 0.1) is 0 Å². The van der Waals surface area contributed by atoms with Crippen LogP contribution in [-0.4, -0.2) is 77.4 Å². The molecule has 2 atom stereocenters. The molecule has 3 aromatic carbocycles. The molecule has 5 rings (SSSR count). The van der Waals surface area contributed by atoms with Crippen LogP contribution in [0.15, 0.2) is 57.7 Å². The summed E-state index contributed by atoms with van der Waals surface area (Å²) in [5.74, 6) is 0.358. The molecule has 4 aromatic rings. The third-order valence-corrected chi connectivity index (χ3v) is 8.86. The first-order valence-corrected chi connectivity index (χ1v) is 15.7. The number of nitrogens with zero attached hydrogens (tertiary/aromatic N) is 1. The van der Waals surface area contributed by atoms with Gasteiger partial charge in [0.15, 0.2) is 40.3 Å². The van der Waals surface area contributed by atoms with Crippen LogP contribution in [0.1, 0.15) is 52.2 Å². The second kappa shape index (κ2) is 15.3. The summed E-state index contributed by atoms with van der Waals surface area (Å²) in [7, 11) is 10.4. The van der Waals surface area contributed by atoms with Gasteiger partial charge >= 0.3 is 5.97 Å². The predicted octanol–water partition coefficient (Wildman–Crippen LogP) is 4.95. The molecule has 0 fully saturated rings. The summed E-state index contributed by atoms with van der Waals surface area (Å²) >= 11 is 0. The number of aromatic hydroxyl groups is 2. The molecule has 50 heavy (non-hydrogen) atoms. The number of carbonyl (C=O) groups is 1. The number of hydrogen-bond acceptors (Lipinski definition) is 13. The Kier molecular flexibility index (Phi) is 11.0. The smallest absolute Gasteiger partial charge is 0.306 e. The van der Waals surface area contributed by atoms with E-state index in [1.54, 1.807) is 34.5 Å². The van der Waals surface area contributed by atoms with Gasteiger partial charge in [0, 0.05) is 12.6 Å². The molecule has 0 spiro atoms. The SMILES string of the molecule is COC(=O)C[C@H](c1ccc(OC)c(O)c1)c1oc(CN2CCc3cc(OC)c(OC)cc3[C@@H]2c2cc(OC)c(OC)c(OC)c2)cc(=O)c1O. The maximum absolute atomic E-state index is 13.3. The van der Waals surface area contributed by atoms with Crippen molar-refractivity contribution >= 4 is 5.97 Å². The molecule has 13 heteroatoms. The predicted molar refractivity (Wildman–Crippen MR) is 181 cm³/mol. The van der Waals surface area contributed by atoms with Crippen molar-refractivity contribution in [2.75, 3.05) is 56.3 Å². The monoisotopic (exact) mass is 691 g/mol. The van der Waals surface area contributed by atoms with E-state index in [0.29, 0.717) is 47.3 Å².